The number of nitrogens with one attached hydrogen (secondary N) is 1. The number of hydrogen-bond donors (Lipinski definition) is 1. The second-order valence-electron chi connectivity index (χ2n) is 6.56. The van der Waals surface area contributed by atoms with Crippen molar-refractivity contribution in [3.8, 4) is 11.5 Å². The first-order chi connectivity index (χ1) is 11.6. The van der Waals surface area contributed by atoms with Crippen molar-refractivity contribution >= 4 is 16.7 Å². The van der Waals surface area contributed by atoms with Gasteiger partial charge in [0.15, 0.2) is 11.5 Å². The maximum atomic E-state index is 5.42. The van der Waals surface area contributed by atoms with Gasteiger partial charge in [0.05, 0.1) is 19.7 Å². The smallest absolute Gasteiger partial charge is 0.162 e. The van der Waals surface area contributed by atoms with Crippen molar-refractivity contribution in [2.45, 2.75) is 37.8 Å². The average Bonchev–Trinajstić information content (AvgIpc) is 2.61. The highest BCUT2D eigenvalue weighted by atomic mass is 16.5. The first-order valence-electron chi connectivity index (χ1n) is 8.42. The van der Waals surface area contributed by atoms with Crippen LogP contribution in [-0.4, -0.2) is 55.3 Å². The number of aromatic nitrogens is 2. The zero-order chi connectivity index (χ0) is 17.1. The zero-order valence-electron chi connectivity index (χ0n) is 14.9. The fourth-order valence-electron chi connectivity index (χ4n) is 3.43. The Labute approximate surface area is 143 Å². The van der Waals surface area contributed by atoms with Crippen LogP contribution in [0.3, 0.4) is 0 Å². The Morgan fingerprint density at radius 3 is 2.29 bits per heavy atom. The van der Waals surface area contributed by atoms with E-state index in [0.29, 0.717) is 23.6 Å². The van der Waals surface area contributed by atoms with Gasteiger partial charge in [-0.25, -0.2) is 9.97 Å². The number of benzene rings is 1. The first kappa shape index (κ1) is 16.8. The highest BCUT2D eigenvalue weighted by Gasteiger charge is 2.23. The van der Waals surface area contributed by atoms with Gasteiger partial charge in [-0.3, -0.25) is 0 Å². The highest BCUT2D eigenvalue weighted by Crippen LogP contribution is 2.34. The molecule has 0 unspecified atom stereocenters. The Morgan fingerprint density at radius 2 is 1.67 bits per heavy atom. The number of rotatable bonds is 5. The number of ether oxygens (including phenoxy) is 2. The fraction of sp³-hybridized carbons (Fsp3) is 0.556. The highest BCUT2D eigenvalue weighted by molar-refractivity contribution is 5.91. The summed E-state index contributed by atoms with van der Waals surface area (Å²) in [6.07, 6.45) is 6.33. The Kier molecular flexibility index (Phi) is 5.04. The lowest BCUT2D eigenvalue weighted by atomic mass is 9.90. The summed E-state index contributed by atoms with van der Waals surface area (Å²) in [6, 6.07) is 4.98. The second kappa shape index (κ2) is 7.21. The molecule has 0 spiro atoms. The summed E-state index contributed by atoms with van der Waals surface area (Å²) in [7, 11) is 7.60. The van der Waals surface area contributed by atoms with Crippen LogP contribution in [0.1, 0.15) is 25.7 Å². The van der Waals surface area contributed by atoms with Crippen molar-refractivity contribution < 1.29 is 9.47 Å². The molecule has 0 amide bonds. The summed E-state index contributed by atoms with van der Waals surface area (Å²) in [5, 5.41) is 4.57. The molecular formula is C18H26N4O2. The van der Waals surface area contributed by atoms with Crippen LogP contribution in [-0.2, 0) is 0 Å². The number of anilines is 1. The van der Waals surface area contributed by atoms with Gasteiger partial charge in [0.2, 0.25) is 0 Å². The van der Waals surface area contributed by atoms with Gasteiger partial charge in [0.1, 0.15) is 12.1 Å². The third-order valence-corrected chi connectivity index (χ3v) is 4.91. The lowest BCUT2D eigenvalue weighted by Gasteiger charge is -2.33. The van der Waals surface area contributed by atoms with E-state index in [1.54, 1.807) is 20.5 Å². The molecule has 1 N–H and O–H groups in total. The molecule has 2 aromatic rings. The molecule has 1 aliphatic rings. The first-order valence-corrected chi connectivity index (χ1v) is 8.42. The topological polar surface area (TPSA) is 59.5 Å². The van der Waals surface area contributed by atoms with Crippen LogP contribution in [0, 0.1) is 0 Å². The molecule has 0 bridgehead atoms. The molecule has 0 atom stereocenters. The lowest BCUT2D eigenvalue weighted by Crippen LogP contribution is -2.36. The molecule has 1 heterocycles. The Hall–Kier alpha value is -2.08. The van der Waals surface area contributed by atoms with Crippen LogP contribution in [0.15, 0.2) is 18.5 Å². The molecule has 6 nitrogen and oxygen atoms in total. The van der Waals surface area contributed by atoms with Crippen LogP contribution in [0.2, 0.25) is 0 Å². The summed E-state index contributed by atoms with van der Waals surface area (Å²) in [4.78, 5) is 11.1. The molecule has 1 saturated carbocycles. The number of nitrogens with zero attached hydrogens (tertiary/aromatic N) is 3. The zero-order valence-corrected chi connectivity index (χ0v) is 14.9. The van der Waals surface area contributed by atoms with Crippen molar-refractivity contribution in [3.63, 3.8) is 0 Å². The predicted octanol–water partition coefficient (Wildman–Crippen LogP) is 2.93. The maximum Gasteiger partial charge on any atom is 0.162 e. The van der Waals surface area contributed by atoms with Crippen LogP contribution >= 0.6 is 0 Å². The molecule has 1 fully saturated rings. The number of fused-ring (bicyclic) bond motifs is 1. The molecule has 130 valence electrons. The Balaban J connectivity index is 1.82. The molecule has 0 radical (unpaired) electrons. The maximum absolute atomic E-state index is 5.42. The van der Waals surface area contributed by atoms with E-state index >= 15 is 0 Å². The third kappa shape index (κ3) is 3.38. The van der Waals surface area contributed by atoms with Crippen molar-refractivity contribution in [3.05, 3.63) is 18.5 Å². The van der Waals surface area contributed by atoms with Gasteiger partial charge in [-0.2, -0.15) is 0 Å². The van der Waals surface area contributed by atoms with Gasteiger partial charge in [-0.1, -0.05) is 0 Å². The van der Waals surface area contributed by atoms with E-state index < -0.39 is 0 Å². The molecule has 1 aromatic heterocycles. The summed E-state index contributed by atoms with van der Waals surface area (Å²) in [5.74, 6) is 2.24. The van der Waals surface area contributed by atoms with Gasteiger partial charge < -0.3 is 19.7 Å². The quantitative estimate of drug-likeness (QED) is 0.909. The largest absolute Gasteiger partial charge is 0.493 e. The third-order valence-electron chi connectivity index (χ3n) is 4.91. The molecule has 24 heavy (non-hydrogen) atoms. The standard InChI is InChI=1S/C18H26N4O2/c1-22(2)13-7-5-12(6-8-13)21-18-14-9-16(23-3)17(24-4)10-15(14)19-11-20-18/h9-13H,5-8H2,1-4H3,(H,19,20,21). The second-order valence-corrected chi connectivity index (χ2v) is 6.56. The molecule has 3 rings (SSSR count). The molecule has 6 heteroatoms. The van der Waals surface area contributed by atoms with Crippen molar-refractivity contribution in [2.75, 3.05) is 33.6 Å². The molecule has 1 aromatic carbocycles. The fourth-order valence-corrected chi connectivity index (χ4v) is 3.43. The molecule has 0 aliphatic heterocycles. The Morgan fingerprint density at radius 1 is 1.00 bits per heavy atom. The van der Waals surface area contributed by atoms with Gasteiger partial charge in [-0.15, -0.1) is 0 Å². The minimum Gasteiger partial charge on any atom is -0.493 e. The summed E-state index contributed by atoms with van der Waals surface area (Å²) < 4.78 is 10.8. The SMILES string of the molecule is COc1cc2ncnc(NC3CCC(N(C)C)CC3)c2cc1OC. The number of methoxy groups -OCH3 is 2. The van der Waals surface area contributed by atoms with Crippen molar-refractivity contribution in [2.24, 2.45) is 0 Å². The minimum atomic E-state index is 0.451. The lowest BCUT2D eigenvalue weighted by molar-refractivity contribution is 0.221. The van der Waals surface area contributed by atoms with Crippen LogP contribution in [0.25, 0.3) is 10.9 Å². The molecule has 1 aliphatic carbocycles. The van der Waals surface area contributed by atoms with E-state index in [2.05, 4.69) is 34.3 Å². The van der Waals surface area contributed by atoms with Crippen molar-refractivity contribution in [1.82, 2.24) is 14.9 Å². The van der Waals surface area contributed by atoms with Crippen LogP contribution in [0.4, 0.5) is 5.82 Å². The van der Waals surface area contributed by atoms with Gasteiger partial charge in [0, 0.05) is 23.5 Å². The summed E-state index contributed by atoms with van der Waals surface area (Å²) >= 11 is 0. The summed E-state index contributed by atoms with van der Waals surface area (Å²) in [6.45, 7) is 0. The van der Waals surface area contributed by atoms with E-state index in [9.17, 15) is 0 Å². The van der Waals surface area contributed by atoms with E-state index in [4.69, 9.17) is 9.47 Å². The van der Waals surface area contributed by atoms with Crippen molar-refractivity contribution in [1.29, 1.82) is 0 Å². The van der Waals surface area contributed by atoms with Gasteiger partial charge in [0.25, 0.3) is 0 Å². The Bertz CT molecular complexity index is 697. The van der Waals surface area contributed by atoms with Crippen LogP contribution in [0.5, 0.6) is 11.5 Å². The monoisotopic (exact) mass is 330 g/mol. The normalized spacial score (nSPS) is 21.0. The van der Waals surface area contributed by atoms with Crippen LogP contribution < -0.4 is 14.8 Å². The van der Waals surface area contributed by atoms with E-state index in [1.165, 1.54) is 12.8 Å². The summed E-state index contributed by atoms with van der Waals surface area (Å²) in [5.41, 5.74) is 0.854. The average molecular weight is 330 g/mol. The van der Waals surface area contributed by atoms with E-state index in [-0.39, 0.29) is 0 Å². The van der Waals surface area contributed by atoms with E-state index in [0.717, 1.165) is 29.6 Å². The molecule has 0 saturated heterocycles. The minimum absolute atomic E-state index is 0.451. The van der Waals surface area contributed by atoms with Gasteiger partial charge in [-0.05, 0) is 45.8 Å². The van der Waals surface area contributed by atoms with E-state index in [1.807, 2.05) is 12.1 Å². The number of hydrogen-bond acceptors (Lipinski definition) is 6. The van der Waals surface area contributed by atoms with Gasteiger partial charge >= 0.3 is 0 Å². The predicted molar refractivity (Wildman–Crippen MR) is 96.0 cm³/mol. The molecular weight excluding hydrogens is 304 g/mol.